The highest BCUT2D eigenvalue weighted by molar-refractivity contribution is 6.00. The van der Waals surface area contributed by atoms with E-state index in [0.717, 1.165) is 33.5 Å². The van der Waals surface area contributed by atoms with Crippen LogP contribution in [-0.4, -0.2) is 40.2 Å². The van der Waals surface area contributed by atoms with Gasteiger partial charge in [-0.15, -0.1) is 0 Å². The number of aromatic nitrogens is 1. The minimum Gasteiger partial charge on any atom is -0.480 e. The van der Waals surface area contributed by atoms with Gasteiger partial charge in [0.15, 0.2) is 0 Å². The quantitative estimate of drug-likeness (QED) is 0.176. The molecule has 0 radical (unpaired) electrons. The van der Waals surface area contributed by atoms with Gasteiger partial charge in [-0.05, 0) is 66.8 Å². The Morgan fingerprint density at radius 1 is 0.930 bits per heavy atom. The molecule has 0 spiro atoms. The molecular formula is C32H30F5N3O3. The van der Waals surface area contributed by atoms with Gasteiger partial charge in [0.05, 0.1) is 5.69 Å². The third kappa shape index (κ3) is 6.76. The van der Waals surface area contributed by atoms with E-state index in [2.05, 4.69) is 5.32 Å². The molecule has 43 heavy (non-hydrogen) atoms. The van der Waals surface area contributed by atoms with E-state index >= 15 is 0 Å². The van der Waals surface area contributed by atoms with Crippen molar-refractivity contribution in [3.05, 3.63) is 94.2 Å². The summed E-state index contributed by atoms with van der Waals surface area (Å²) in [5.41, 5.74) is 3.45. The van der Waals surface area contributed by atoms with E-state index < -0.39 is 59.4 Å². The van der Waals surface area contributed by atoms with E-state index in [4.69, 9.17) is 4.98 Å². The molecule has 0 aliphatic heterocycles. The maximum Gasteiger partial charge on any atom is 0.408 e. The summed E-state index contributed by atoms with van der Waals surface area (Å²) in [5, 5.41) is 15.6. The Hall–Kier alpha value is -4.54. The second kappa shape index (κ2) is 12.4. The van der Waals surface area contributed by atoms with Gasteiger partial charge in [0.25, 0.3) is 5.91 Å². The highest BCUT2D eigenvalue weighted by Gasteiger charge is 2.38. The fourth-order valence-corrected chi connectivity index (χ4v) is 5.00. The van der Waals surface area contributed by atoms with Crippen LogP contribution in [0.2, 0.25) is 0 Å². The number of amides is 1. The number of carboxylic acids is 1. The predicted molar refractivity (Wildman–Crippen MR) is 154 cm³/mol. The number of benzene rings is 3. The van der Waals surface area contributed by atoms with Crippen LogP contribution in [0.3, 0.4) is 0 Å². The first-order valence-corrected chi connectivity index (χ1v) is 13.5. The molecule has 0 saturated heterocycles. The van der Waals surface area contributed by atoms with Crippen molar-refractivity contribution < 1.29 is 36.6 Å². The molecule has 0 bridgehead atoms. The number of carbonyl (C=O) groups excluding carboxylic acids is 1. The van der Waals surface area contributed by atoms with Gasteiger partial charge in [-0.3, -0.25) is 9.78 Å². The largest absolute Gasteiger partial charge is 0.480 e. The number of alkyl halides is 3. The molecule has 4 rings (SSSR count). The Kier molecular flexibility index (Phi) is 9.03. The van der Waals surface area contributed by atoms with Gasteiger partial charge >= 0.3 is 12.1 Å². The number of pyridine rings is 1. The number of hydrogen-bond donors (Lipinski definition) is 3. The highest BCUT2D eigenvalue weighted by Crippen LogP contribution is 2.33. The second-order valence-electron chi connectivity index (χ2n) is 10.4. The number of fused-ring (bicyclic) bond motifs is 1. The number of aliphatic carboxylic acids is 1. The smallest absolute Gasteiger partial charge is 0.408 e. The third-order valence-corrected chi connectivity index (χ3v) is 7.37. The van der Waals surface area contributed by atoms with E-state index in [-0.39, 0.29) is 6.42 Å². The average molecular weight is 600 g/mol. The molecule has 1 heterocycles. The maximum atomic E-state index is 14.8. The first-order chi connectivity index (χ1) is 20.2. The van der Waals surface area contributed by atoms with Gasteiger partial charge < -0.3 is 15.7 Å². The number of carbonyl (C=O) groups is 2. The fraction of sp³-hybridized carbons (Fsp3) is 0.281. The van der Waals surface area contributed by atoms with Crippen LogP contribution in [0, 0.1) is 32.4 Å². The lowest BCUT2D eigenvalue weighted by Crippen LogP contribution is -2.43. The molecule has 1 aromatic heterocycles. The lowest BCUT2D eigenvalue weighted by atomic mass is 9.92. The summed E-state index contributed by atoms with van der Waals surface area (Å²) in [4.78, 5) is 29.8. The zero-order valence-electron chi connectivity index (χ0n) is 23.9. The van der Waals surface area contributed by atoms with Gasteiger partial charge in [-0.2, -0.15) is 13.2 Å². The third-order valence-electron chi connectivity index (χ3n) is 7.37. The molecule has 0 unspecified atom stereocenters. The van der Waals surface area contributed by atoms with Gasteiger partial charge in [0, 0.05) is 23.4 Å². The van der Waals surface area contributed by atoms with Crippen molar-refractivity contribution in [1.82, 2.24) is 10.3 Å². The summed E-state index contributed by atoms with van der Waals surface area (Å²) >= 11 is 0. The zero-order chi connectivity index (χ0) is 31.6. The van der Waals surface area contributed by atoms with Crippen molar-refractivity contribution in [2.45, 2.75) is 58.8 Å². The molecule has 2 atom stereocenters. The van der Waals surface area contributed by atoms with Crippen LogP contribution in [0.4, 0.5) is 27.6 Å². The van der Waals surface area contributed by atoms with Crippen LogP contribution in [0.1, 0.15) is 46.1 Å². The summed E-state index contributed by atoms with van der Waals surface area (Å²) in [7, 11) is 0. The van der Waals surface area contributed by atoms with E-state index in [9.17, 15) is 36.6 Å². The maximum absolute atomic E-state index is 14.8. The van der Waals surface area contributed by atoms with Crippen LogP contribution in [0.25, 0.3) is 22.0 Å². The number of nitrogens with one attached hydrogen (secondary N) is 2. The summed E-state index contributed by atoms with van der Waals surface area (Å²) in [5.74, 6) is -5.67. The topological polar surface area (TPSA) is 91.3 Å². The van der Waals surface area contributed by atoms with Crippen LogP contribution in [0.15, 0.2) is 54.6 Å². The van der Waals surface area contributed by atoms with Crippen molar-refractivity contribution in [3.63, 3.8) is 0 Å². The molecule has 11 heteroatoms. The zero-order valence-corrected chi connectivity index (χ0v) is 23.9. The van der Waals surface area contributed by atoms with Crippen molar-refractivity contribution in [3.8, 4) is 11.3 Å². The highest BCUT2D eigenvalue weighted by atomic mass is 19.4. The number of hydrogen-bond acceptors (Lipinski definition) is 4. The van der Waals surface area contributed by atoms with Gasteiger partial charge in [0.2, 0.25) is 0 Å². The van der Waals surface area contributed by atoms with Crippen molar-refractivity contribution in [1.29, 1.82) is 0 Å². The molecule has 1 amide bonds. The molecule has 0 aliphatic carbocycles. The molecule has 6 nitrogen and oxygen atoms in total. The number of aryl methyl sites for hydroxylation is 3. The minimum absolute atomic E-state index is 0.214. The summed E-state index contributed by atoms with van der Waals surface area (Å²) in [6.45, 7) is 7.09. The van der Waals surface area contributed by atoms with E-state index in [1.54, 1.807) is 18.2 Å². The van der Waals surface area contributed by atoms with E-state index in [1.807, 2.05) is 50.4 Å². The minimum atomic E-state index is -4.66. The molecule has 226 valence electrons. The molecular weight excluding hydrogens is 569 g/mol. The van der Waals surface area contributed by atoms with Crippen LogP contribution < -0.4 is 10.6 Å². The Morgan fingerprint density at radius 3 is 2.14 bits per heavy atom. The number of rotatable bonds is 9. The molecule has 3 aromatic carbocycles. The SMILES string of the molecule is CC[C@@H](Nc1cc(F)c(C(=O)N[C@@H](Cc2ccc(-c3nc(C)c(C)cc3C)c3ccccc23)C(=O)O)c(F)c1)C(F)(F)F. The molecule has 4 aromatic rings. The summed E-state index contributed by atoms with van der Waals surface area (Å²) in [6, 6.07) is 10.4. The van der Waals surface area contributed by atoms with Gasteiger partial charge in [-0.1, -0.05) is 49.4 Å². The van der Waals surface area contributed by atoms with Crippen molar-refractivity contribution in [2.24, 2.45) is 0 Å². The Morgan fingerprint density at radius 2 is 1.56 bits per heavy atom. The van der Waals surface area contributed by atoms with Crippen molar-refractivity contribution >= 4 is 28.3 Å². The van der Waals surface area contributed by atoms with E-state index in [1.165, 1.54) is 6.92 Å². The number of carboxylic acid groups (broad SMARTS) is 1. The standard InChI is InChI=1S/C32H30F5N3O3/c1-5-27(32(35,36)37)39-20-14-24(33)28(25(34)15-20)30(41)40-26(31(42)43)13-19-10-11-23(22-9-7-6-8-21(19)22)29-17(3)12-16(2)18(4)38-29/h6-12,14-15,26-27,39H,5,13H2,1-4H3,(H,40,41)(H,42,43)/t26-,27+/m0/s1. The van der Waals surface area contributed by atoms with Gasteiger partial charge in [0.1, 0.15) is 29.3 Å². The van der Waals surface area contributed by atoms with Crippen LogP contribution in [0.5, 0.6) is 0 Å². The molecule has 0 fully saturated rings. The predicted octanol–water partition coefficient (Wildman–Crippen LogP) is 7.28. The monoisotopic (exact) mass is 599 g/mol. The van der Waals surface area contributed by atoms with Gasteiger partial charge in [-0.25, -0.2) is 13.6 Å². The lowest BCUT2D eigenvalue weighted by Gasteiger charge is -2.22. The number of anilines is 1. The van der Waals surface area contributed by atoms with Crippen LogP contribution in [-0.2, 0) is 11.2 Å². The van der Waals surface area contributed by atoms with Crippen molar-refractivity contribution in [2.75, 3.05) is 5.32 Å². The Bertz CT molecular complexity index is 1680. The Labute approximate surface area is 245 Å². The normalized spacial score (nSPS) is 13.0. The second-order valence-corrected chi connectivity index (χ2v) is 10.4. The first-order valence-electron chi connectivity index (χ1n) is 13.5. The van der Waals surface area contributed by atoms with E-state index in [0.29, 0.717) is 23.1 Å². The fourth-order valence-electron chi connectivity index (χ4n) is 5.00. The average Bonchev–Trinajstić information content (AvgIpc) is 2.92. The number of nitrogens with zero attached hydrogens (tertiary/aromatic N) is 1. The lowest BCUT2D eigenvalue weighted by molar-refractivity contribution is -0.143. The summed E-state index contributed by atoms with van der Waals surface area (Å²) < 4.78 is 68.9. The molecule has 3 N–H and O–H groups in total. The molecule has 0 aliphatic rings. The molecule has 0 saturated carbocycles. The van der Waals surface area contributed by atoms with Crippen LogP contribution >= 0.6 is 0 Å². The Balaban J connectivity index is 1.63. The number of halogens is 5. The first kappa shape index (κ1) is 31.4. The summed E-state index contributed by atoms with van der Waals surface area (Å²) in [6.07, 6.45) is -5.27.